The number of para-hydroxylation sites is 1. The summed E-state index contributed by atoms with van der Waals surface area (Å²) in [7, 11) is 1.47. The Morgan fingerprint density at radius 2 is 1.62 bits per heavy atom. The number of nitrogens with zero attached hydrogens (tertiary/aromatic N) is 2. The Morgan fingerprint density at radius 1 is 0.897 bits per heavy atom. The Morgan fingerprint density at radius 3 is 2.41 bits per heavy atom. The number of imide groups is 1. The van der Waals surface area contributed by atoms with Crippen LogP contribution in [-0.2, 0) is 11.3 Å². The minimum atomic E-state index is -0.402. The van der Waals surface area contributed by atoms with Gasteiger partial charge >= 0.3 is 6.03 Å². The van der Waals surface area contributed by atoms with Crippen molar-refractivity contribution in [2.45, 2.75) is 6.54 Å². The van der Waals surface area contributed by atoms with Crippen LogP contribution in [0.15, 0.2) is 78.6 Å². The number of carbonyl (C=O) groups is 2. The standard InChI is InChI=1S/C24H19N3O2/c1-26-23(28)21(25-24(26)29)13-18-15-27(22-12-5-4-11-20(18)22)14-17-9-6-8-16-7-2-3-10-19(16)17/h2-13,15H,14H2,1H3,(H,25,29)/b21-13+. The summed E-state index contributed by atoms with van der Waals surface area (Å²) in [6, 6.07) is 22.4. The summed E-state index contributed by atoms with van der Waals surface area (Å²) in [6.07, 6.45) is 3.79. The molecular weight excluding hydrogens is 362 g/mol. The van der Waals surface area contributed by atoms with Gasteiger partial charge < -0.3 is 9.88 Å². The van der Waals surface area contributed by atoms with Crippen LogP contribution in [0.5, 0.6) is 0 Å². The fraction of sp³-hybridized carbons (Fsp3) is 0.0833. The quantitative estimate of drug-likeness (QED) is 0.423. The first-order valence-corrected chi connectivity index (χ1v) is 9.47. The Bertz CT molecular complexity index is 1310. The SMILES string of the molecule is CN1C(=O)N/C(=C/c2cn(Cc3cccc4ccccc34)c3ccccc23)C1=O. The molecule has 1 aliphatic heterocycles. The molecule has 5 nitrogen and oxygen atoms in total. The number of fused-ring (bicyclic) bond motifs is 2. The van der Waals surface area contributed by atoms with E-state index in [9.17, 15) is 9.59 Å². The zero-order chi connectivity index (χ0) is 20.0. The molecule has 0 bridgehead atoms. The molecule has 4 aromatic rings. The van der Waals surface area contributed by atoms with Gasteiger partial charge in [-0.3, -0.25) is 9.69 Å². The number of likely N-dealkylation sites (N-methyl/N-ethyl adjacent to an activating group) is 1. The third-order valence-electron chi connectivity index (χ3n) is 5.42. The third-order valence-corrected chi connectivity index (χ3v) is 5.42. The lowest BCUT2D eigenvalue weighted by atomic mass is 10.0. The number of benzene rings is 3. The molecule has 1 saturated heterocycles. The van der Waals surface area contributed by atoms with Crippen LogP contribution in [-0.4, -0.2) is 28.5 Å². The molecule has 0 radical (unpaired) electrons. The van der Waals surface area contributed by atoms with Crippen LogP contribution in [0.1, 0.15) is 11.1 Å². The van der Waals surface area contributed by atoms with Gasteiger partial charge in [0.25, 0.3) is 5.91 Å². The zero-order valence-electron chi connectivity index (χ0n) is 15.9. The number of carbonyl (C=O) groups excluding carboxylic acids is 2. The molecule has 1 aliphatic rings. The molecule has 0 aliphatic carbocycles. The topological polar surface area (TPSA) is 54.3 Å². The van der Waals surface area contributed by atoms with Crippen molar-refractivity contribution in [1.82, 2.24) is 14.8 Å². The van der Waals surface area contributed by atoms with E-state index in [1.807, 2.05) is 30.5 Å². The molecule has 0 saturated carbocycles. The molecule has 0 unspecified atom stereocenters. The summed E-state index contributed by atoms with van der Waals surface area (Å²) in [5, 5.41) is 6.12. The maximum Gasteiger partial charge on any atom is 0.328 e. The molecule has 5 heteroatoms. The Balaban J connectivity index is 1.61. The molecule has 3 amide bonds. The van der Waals surface area contributed by atoms with Crippen molar-refractivity contribution in [2.75, 3.05) is 7.05 Å². The second kappa shape index (κ2) is 6.63. The van der Waals surface area contributed by atoms with E-state index in [0.29, 0.717) is 12.2 Å². The summed E-state index contributed by atoms with van der Waals surface area (Å²) >= 11 is 0. The van der Waals surface area contributed by atoms with E-state index >= 15 is 0 Å². The molecule has 2 heterocycles. The molecule has 0 atom stereocenters. The minimum absolute atomic E-state index is 0.297. The van der Waals surface area contributed by atoms with Crippen LogP contribution >= 0.6 is 0 Å². The molecule has 1 aromatic heterocycles. The second-order valence-electron chi connectivity index (χ2n) is 7.22. The molecule has 1 fully saturated rings. The smallest absolute Gasteiger partial charge is 0.328 e. The lowest BCUT2D eigenvalue weighted by molar-refractivity contribution is -0.121. The van der Waals surface area contributed by atoms with Crippen LogP contribution in [0.25, 0.3) is 27.8 Å². The summed E-state index contributed by atoms with van der Waals surface area (Å²) < 4.78 is 2.19. The number of hydrogen-bond acceptors (Lipinski definition) is 2. The molecular formula is C24H19N3O2. The van der Waals surface area contributed by atoms with Gasteiger partial charge in [0, 0.05) is 36.3 Å². The van der Waals surface area contributed by atoms with Crippen molar-refractivity contribution in [2.24, 2.45) is 0 Å². The Kier molecular flexibility index (Phi) is 3.95. The molecule has 29 heavy (non-hydrogen) atoms. The average molecular weight is 381 g/mol. The van der Waals surface area contributed by atoms with Crippen molar-refractivity contribution >= 4 is 39.7 Å². The van der Waals surface area contributed by atoms with Crippen LogP contribution in [0.2, 0.25) is 0 Å². The van der Waals surface area contributed by atoms with Gasteiger partial charge in [-0.15, -0.1) is 0 Å². The average Bonchev–Trinajstić information content (AvgIpc) is 3.21. The van der Waals surface area contributed by atoms with Gasteiger partial charge in [0.15, 0.2) is 0 Å². The molecule has 1 N–H and O–H groups in total. The lowest BCUT2D eigenvalue weighted by Gasteiger charge is -2.09. The highest BCUT2D eigenvalue weighted by Gasteiger charge is 2.30. The van der Waals surface area contributed by atoms with Crippen LogP contribution in [0, 0.1) is 0 Å². The Hall–Kier alpha value is -3.86. The van der Waals surface area contributed by atoms with E-state index in [-0.39, 0.29) is 5.91 Å². The first kappa shape index (κ1) is 17.3. The maximum atomic E-state index is 12.3. The predicted molar refractivity (Wildman–Crippen MR) is 114 cm³/mol. The molecule has 3 aromatic carbocycles. The molecule has 0 spiro atoms. The fourth-order valence-corrected chi connectivity index (χ4v) is 3.91. The summed E-state index contributed by atoms with van der Waals surface area (Å²) in [6.45, 7) is 0.714. The van der Waals surface area contributed by atoms with E-state index in [0.717, 1.165) is 21.4 Å². The summed E-state index contributed by atoms with van der Waals surface area (Å²) in [5.74, 6) is -0.319. The van der Waals surface area contributed by atoms with Crippen molar-refractivity contribution in [1.29, 1.82) is 0 Å². The van der Waals surface area contributed by atoms with Crippen LogP contribution < -0.4 is 5.32 Å². The van der Waals surface area contributed by atoms with Crippen LogP contribution in [0.3, 0.4) is 0 Å². The predicted octanol–water partition coefficient (Wildman–Crippen LogP) is 4.37. The van der Waals surface area contributed by atoms with Gasteiger partial charge in [0.2, 0.25) is 0 Å². The summed E-state index contributed by atoms with van der Waals surface area (Å²) in [4.78, 5) is 25.1. The minimum Gasteiger partial charge on any atom is -0.342 e. The Labute approximate surface area is 167 Å². The van der Waals surface area contributed by atoms with Gasteiger partial charge in [-0.1, -0.05) is 60.7 Å². The van der Waals surface area contributed by atoms with Crippen molar-refractivity contribution in [3.63, 3.8) is 0 Å². The maximum absolute atomic E-state index is 12.3. The first-order chi connectivity index (χ1) is 14.1. The van der Waals surface area contributed by atoms with Crippen molar-refractivity contribution in [3.8, 4) is 0 Å². The monoisotopic (exact) mass is 381 g/mol. The first-order valence-electron chi connectivity index (χ1n) is 9.47. The highest BCUT2D eigenvalue weighted by atomic mass is 16.2. The fourth-order valence-electron chi connectivity index (χ4n) is 3.91. The largest absolute Gasteiger partial charge is 0.342 e. The van der Waals surface area contributed by atoms with Crippen molar-refractivity contribution < 1.29 is 9.59 Å². The van der Waals surface area contributed by atoms with E-state index in [2.05, 4.69) is 52.3 Å². The van der Waals surface area contributed by atoms with Gasteiger partial charge in [-0.25, -0.2) is 4.79 Å². The number of nitrogens with one attached hydrogen (secondary N) is 1. The van der Waals surface area contributed by atoms with Gasteiger partial charge in [0.1, 0.15) is 5.70 Å². The van der Waals surface area contributed by atoms with E-state index in [1.165, 1.54) is 23.4 Å². The number of rotatable bonds is 3. The van der Waals surface area contributed by atoms with Gasteiger partial charge in [-0.2, -0.15) is 0 Å². The highest BCUT2D eigenvalue weighted by Crippen LogP contribution is 2.27. The van der Waals surface area contributed by atoms with Crippen LogP contribution in [0.4, 0.5) is 4.79 Å². The highest BCUT2D eigenvalue weighted by molar-refractivity contribution is 6.14. The van der Waals surface area contributed by atoms with E-state index in [4.69, 9.17) is 0 Å². The normalized spacial score (nSPS) is 15.6. The van der Waals surface area contributed by atoms with Gasteiger partial charge in [-0.05, 0) is 28.5 Å². The number of amides is 3. The summed E-state index contributed by atoms with van der Waals surface area (Å²) in [5.41, 5.74) is 3.51. The second-order valence-corrected chi connectivity index (χ2v) is 7.22. The lowest BCUT2D eigenvalue weighted by Crippen LogP contribution is -2.25. The third kappa shape index (κ3) is 2.88. The van der Waals surface area contributed by atoms with Crippen molar-refractivity contribution in [3.05, 3.63) is 89.8 Å². The van der Waals surface area contributed by atoms with E-state index < -0.39 is 6.03 Å². The van der Waals surface area contributed by atoms with E-state index in [1.54, 1.807) is 6.08 Å². The molecule has 5 rings (SSSR count). The molecule has 142 valence electrons. The number of urea groups is 1. The number of aromatic nitrogens is 1. The zero-order valence-corrected chi connectivity index (χ0v) is 15.9. The van der Waals surface area contributed by atoms with Gasteiger partial charge in [0.05, 0.1) is 0 Å². The number of hydrogen-bond donors (Lipinski definition) is 1.